The van der Waals surface area contributed by atoms with E-state index in [0.29, 0.717) is 23.1 Å². The SMILES string of the molecule is COc1cc2c(cc1OC)C[NH+](CC(=O)NCc1ccc(Cl)cc1Cl)CC2. The molecule has 0 aromatic heterocycles. The highest BCUT2D eigenvalue weighted by atomic mass is 35.5. The maximum absolute atomic E-state index is 12.4. The van der Waals surface area contributed by atoms with Gasteiger partial charge in [0.1, 0.15) is 6.54 Å². The molecule has 2 aromatic rings. The van der Waals surface area contributed by atoms with Crippen molar-refractivity contribution in [1.82, 2.24) is 5.32 Å². The number of carbonyl (C=O) groups is 1. The summed E-state index contributed by atoms with van der Waals surface area (Å²) < 4.78 is 10.8. The first-order chi connectivity index (χ1) is 13.0. The molecule has 1 atom stereocenters. The van der Waals surface area contributed by atoms with E-state index in [2.05, 4.69) is 5.32 Å². The Balaban J connectivity index is 1.58. The molecule has 1 aliphatic rings. The number of nitrogens with one attached hydrogen (secondary N) is 2. The number of methoxy groups -OCH3 is 2. The first-order valence-corrected chi connectivity index (χ1v) is 9.53. The maximum Gasteiger partial charge on any atom is 0.275 e. The Bertz CT molecular complexity index is 842. The average Bonchev–Trinajstić information content (AvgIpc) is 2.66. The molecule has 0 spiro atoms. The molecule has 0 bridgehead atoms. The lowest BCUT2D eigenvalue weighted by Gasteiger charge is -2.26. The van der Waals surface area contributed by atoms with Gasteiger partial charge in [-0.05, 0) is 35.4 Å². The van der Waals surface area contributed by atoms with Crippen LogP contribution in [-0.2, 0) is 24.3 Å². The molecule has 3 rings (SSSR count). The predicted molar refractivity (Wildman–Crippen MR) is 106 cm³/mol. The van der Waals surface area contributed by atoms with Crippen molar-refractivity contribution in [2.24, 2.45) is 0 Å². The second-order valence-electron chi connectivity index (χ2n) is 6.59. The third-order valence-corrected chi connectivity index (χ3v) is 5.38. The van der Waals surface area contributed by atoms with Crippen molar-refractivity contribution in [3.8, 4) is 11.5 Å². The van der Waals surface area contributed by atoms with Gasteiger partial charge in [-0.3, -0.25) is 4.79 Å². The Hall–Kier alpha value is -1.95. The molecule has 27 heavy (non-hydrogen) atoms. The smallest absolute Gasteiger partial charge is 0.275 e. The summed E-state index contributed by atoms with van der Waals surface area (Å²) in [4.78, 5) is 13.6. The summed E-state index contributed by atoms with van der Waals surface area (Å²) >= 11 is 12.0. The van der Waals surface area contributed by atoms with Crippen LogP contribution in [0.15, 0.2) is 30.3 Å². The summed E-state index contributed by atoms with van der Waals surface area (Å²) in [6, 6.07) is 9.32. The molecule has 0 fully saturated rings. The highest BCUT2D eigenvalue weighted by molar-refractivity contribution is 6.35. The average molecular weight is 410 g/mol. The number of hydrogen-bond donors (Lipinski definition) is 2. The van der Waals surface area contributed by atoms with Crippen LogP contribution in [0.25, 0.3) is 0 Å². The van der Waals surface area contributed by atoms with Crippen molar-refractivity contribution in [3.05, 3.63) is 57.1 Å². The monoisotopic (exact) mass is 409 g/mol. The third kappa shape index (κ3) is 4.86. The van der Waals surface area contributed by atoms with Gasteiger partial charge in [-0.25, -0.2) is 0 Å². The van der Waals surface area contributed by atoms with Gasteiger partial charge in [-0.1, -0.05) is 29.3 Å². The molecular weight excluding hydrogens is 387 g/mol. The van der Waals surface area contributed by atoms with Crippen LogP contribution in [0.5, 0.6) is 11.5 Å². The van der Waals surface area contributed by atoms with Crippen LogP contribution in [0, 0.1) is 0 Å². The van der Waals surface area contributed by atoms with Crippen molar-refractivity contribution in [2.75, 3.05) is 27.3 Å². The zero-order valence-electron chi connectivity index (χ0n) is 15.4. The molecule has 5 nitrogen and oxygen atoms in total. The van der Waals surface area contributed by atoms with Gasteiger partial charge in [0.25, 0.3) is 5.91 Å². The van der Waals surface area contributed by atoms with Crippen molar-refractivity contribution in [1.29, 1.82) is 0 Å². The Morgan fingerprint density at radius 3 is 2.48 bits per heavy atom. The van der Waals surface area contributed by atoms with Crippen LogP contribution in [0.2, 0.25) is 10.0 Å². The summed E-state index contributed by atoms with van der Waals surface area (Å²) in [5.74, 6) is 1.47. The Morgan fingerprint density at radius 2 is 1.81 bits per heavy atom. The fraction of sp³-hybridized carbons (Fsp3) is 0.350. The normalized spacial score (nSPS) is 15.8. The highest BCUT2D eigenvalue weighted by Gasteiger charge is 2.24. The number of ether oxygens (including phenoxy) is 2. The summed E-state index contributed by atoms with van der Waals surface area (Å²) in [5.41, 5.74) is 3.30. The summed E-state index contributed by atoms with van der Waals surface area (Å²) in [7, 11) is 3.27. The molecule has 2 N–H and O–H groups in total. The number of rotatable bonds is 6. The molecule has 1 heterocycles. The van der Waals surface area contributed by atoms with E-state index in [0.717, 1.165) is 36.6 Å². The zero-order valence-corrected chi connectivity index (χ0v) is 16.9. The Labute approximate surface area is 169 Å². The second kappa shape index (κ2) is 8.83. The number of amides is 1. The third-order valence-electron chi connectivity index (χ3n) is 4.80. The van der Waals surface area contributed by atoms with E-state index in [4.69, 9.17) is 32.7 Å². The fourth-order valence-electron chi connectivity index (χ4n) is 3.33. The van der Waals surface area contributed by atoms with Gasteiger partial charge in [0.05, 0.1) is 20.8 Å². The van der Waals surface area contributed by atoms with Gasteiger partial charge in [-0.2, -0.15) is 0 Å². The number of fused-ring (bicyclic) bond motifs is 1. The number of quaternary nitrogens is 1. The van der Waals surface area contributed by atoms with Crippen LogP contribution in [-0.4, -0.2) is 33.2 Å². The van der Waals surface area contributed by atoms with Gasteiger partial charge in [0.15, 0.2) is 18.0 Å². The van der Waals surface area contributed by atoms with Crippen molar-refractivity contribution in [2.45, 2.75) is 19.5 Å². The number of halogens is 2. The van der Waals surface area contributed by atoms with Crippen LogP contribution < -0.4 is 19.7 Å². The first kappa shape index (κ1) is 19.8. The number of hydrogen-bond acceptors (Lipinski definition) is 3. The molecule has 0 saturated carbocycles. The van der Waals surface area contributed by atoms with Gasteiger partial charge < -0.3 is 19.7 Å². The molecule has 1 amide bonds. The largest absolute Gasteiger partial charge is 0.493 e. The molecule has 0 aliphatic carbocycles. The molecule has 2 aromatic carbocycles. The van der Waals surface area contributed by atoms with E-state index in [-0.39, 0.29) is 5.91 Å². The highest BCUT2D eigenvalue weighted by Crippen LogP contribution is 2.31. The fourth-order valence-corrected chi connectivity index (χ4v) is 3.80. The lowest BCUT2D eigenvalue weighted by molar-refractivity contribution is -0.908. The van der Waals surface area contributed by atoms with E-state index in [1.54, 1.807) is 26.4 Å². The molecule has 0 saturated heterocycles. The lowest BCUT2D eigenvalue weighted by atomic mass is 9.99. The van der Waals surface area contributed by atoms with Gasteiger partial charge >= 0.3 is 0 Å². The quantitative estimate of drug-likeness (QED) is 0.769. The van der Waals surface area contributed by atoms with Gasteiger partial charge in [-0.15, -0.1) is 0 Å². The van der Waals surface area contributed by atoms with Crippen molar-refractivity contribution in [3.63, 3.8) is 0 Å². The van der Waals surface area contributed by atoms with E-state index in [1.165, 1.54) is 16.0 Å². The van der Waals surface area contributed by atoms with E-state index in [1.807, 2.05) is 18.2 Å². The summed E-state index contributed by atoms with van der Waals surface area (Å²) in [6.07, 6.45) is 0.904. The van der Waals surface area contributed by atoms with Gasteiger partial charge in [0, 0.05) is 28.6 Å². The molecule has 1 unspecified atom stereocenters. The minimum absolute atomic E-state index is 0.0000525. The van der Waals surface area contributed by atoms with Gasteiger partial charge in [0.2, 0.25) is 0 Å². The minimum Gasteiger partial charge on any atom is -0.493 e. The van der Waals surface area contributed by atoms with Crippen LogP contribution in [0.4, 0.5) is 0 Å². The number of carbonyl (C=O) groups excluding carboxylic acids is 1. The first-order valence-electron chi connectivity index (χ1n) is 8.78. The second-order valence-corrected chi connectivity index (χ2v) is 7.44. The Morgan fingerprint density at radius 1 is 1.11 bits per heavy atom. The number of benzene rings is 2. The molecule has 144 valence electrons. The topological polar surface area (TPSA) is 52.0 Å². The predicted octanol–water partition coefficient (Wildman–Crippen LogP) is 2.27. The van der Waals surface area contributed by atoms with Crippen molar-refractivity contribution >= 4 is 29.1 Å². The van der Waals surface area contributed by atoms with Crippen LogP contribution in [0.1, 0.15) is 16.7 Å². The van der Waals surface area contributed by atoms with E-state index < -0.39 is 0 Å². The molecular formula is C20H23Cl2N2O3+. The maximum atomic E-state index is 12.4. The van der Waals surface area contributed by atoms with Crippen molar-refractivity contribution < 1.29 is 19.2 Å². The molecule has 0 radical (unpaired) electrons. The zero-order chi connectivity index (χ0) is 19.4. The van der Waals surface area contributed by atoms with E-state index >= 15 is 0 Å². The Kier molecular flexibility index (Phi) is 6.47. The minimum atomic E-state index is -0.0000525. The summed E-state index contributed by atoms with van der Waals surface area (Å²) in [5, 5.41) is 4.08. The summed E-state index contributed by atoms with van der Waals surface area (Å²) in [6.45, 7) is 2.49. The molecule has 1 aliphatic heterocycles. The van der Waals surface area contributed by atoms with E-state index in [9.17, 15) is 4.79 Å². The standard InChI is InChI=1S/C20H22Cl2N2O3/c1-26-18-7-13-5-6-24(11-15(13)8-19(18)27-2)12-20(25)23-10-14-3-4-16(21)9-17(14)22/h3-4,7-9H,5-6,10-12H2,1-2H3,(H,23,25)/p+1. The van der Waals surface area contributed by atoms with Crippen LogP contribution in [0.3, 0.4) is 0 Å². The van der Waals surface area contributed by atoms with Crippen LogP contribution >= 0.6 is 23.2 Å². The lowest BCUT2D eigenvalue weighted by Crippen LogP contribution is -3.12. The molecule has 7 heteroatoms.